The Morgan fingerprint density at radius 1 is 1.26 bits per heavy atom. The third-order valence-electron chi connectivity index (χ3n) is 3.01. The Balaban J connectivity index is 2.17. The molecule has 0 spiro atoms. The van der Waals surface area contributed by atoms with Gasteiger partial charge in [0.05, 0.1) is 6.04 Å². The first-order valence-corrected chi connectivity index (χ1v) is 7.15. The van der Waals surface area contributed by atoms with Crippen LogP contribution in [0, 0.1) is 0 Å². The summed E-state index contributed by atoms with van der Waals surface area (Å²) in [6.07, 6.45) is 1.60. The highest BCUT2D eigenvalue weighted by atomic mass is 79.9. The second kappa shape index (κ2) is 6.17. The van der Waals surface area contributed by atoms with Crippen molar-refractivity contribution in [3.63, 3.8) is 0 Å². The Morgan fingerprint density at radius 2 is 1.95 bits per heavy atom. The average Bonchev–Trinajstić information content (AvgIpc) is 2.39. The van der Waals surface area contributed by atoms with Crippen molar-refractivity contribution in [1.29, 1.82) is 0 Å². The number of carbonyl (C=O) groups is 1. The molecule has 1 atom stereocenters. The third-order valence-corrected chi connectivity index (χ3v) is 3.50. The lowest BCUT2D eigenvalue weighted by atomic mass is 10.1. The number of benzene rings is 2. The van der Waals surface area contributed by atoms with Crippen molar-refractivity contribution < 1.29 is 4.79 Å². The van der Waals surface area contributed by atoms with E-state index in [-0.39, 0.29) is 5.91 Å². The highest BCUT2D eigenvalue weighted by Gasteiger charge is 2.12. The monoisotopic (exact) mass is 320 g/mol. The molecule has 2 aromatic rings. The van der Waals surface area contributed by atoms with Crippen molar-refractivity contribution in [2.24, 2.45) is 5.73 Å². The van der Waals surface area contributed by atoms with E-state index in [0.717, 1.165) is 27.4 Å². The number of anilines is 1. The Hall–Kier alpha value is -1.39. The summed E-state index contributed by atoms with van der Waals surface area (Å²) in [5.41, 5.74) is 6.57. The molecule has 3 nitrogen and oxygen atoms in total. The third kappa shape index (κ3) is 3.55. The molecule has 0 aromatic heterocycles. The molecule has 2 aromatic carbocycles. The largest absolute Gasteiger partial charge is 0.325 e. The smallest absolute Gasteiger partial charge is 0.241 e. The van der Waals surface area contributed by atoms with Gasteiger partial charge in [0, 0.05) is 10.2 Å². The fourth-order valence-electron chi connectivity index (χ4n) is 1.97. The van der Waals surface area contributed by atoms with Crippen LogP contribution in [-0.4, -0.2) is 11.9 Å². The molecule has 0 unspecified atom stereocenters. The fourth-order valence-corrected chi connectivity index (χ4v) is 2.35. The van der Waals surface area contributed by atoms with E-state index in [1.54, 1.807) is 0 Å². The number of hydrogen-bond donors (Lipinski definition) is 2. The van der Waals surface area contributed by atoms with Gasteiger partial charge in [-0.05, 0) is 41.5 Å². The molecule has 0 bridgehead atoms. The van der Waals surface area contributed by atoms with Gasteiger partial charge < -0.3 is 11.1 Å². The molecule has 0 heterocycles. The molecule has 0 saturated carbocycles. The SMILES string of the molecule is CCC[C@@H](N)C(=O)Nc1ccc2cc(Br)ccc2c1. The van der Waals surface area contributed by atoms with Crippen molar-refractivity contribution in [3.05, 3.63) is 40.9 Å². The van der Waals surface area contributed by atoms with Crippen molar-refractivity contribution in [3.8, 4) is 0 Å². The summed E-state index contributed by atoms with van der Waals surface area (Å²) in [6, 6.07) is 11.4. The van der Waals surface area contributed by atoms with Crippen LogP contribution in [0.3, 0.4) is 0 Å². The number of amides is 1. The number of fused-ring (bicyclic) bond motifs is 1. The van der Waals surface area contributed by atoms with Crippen LogP contribution in [0.2, 0.25) is 0 Å². The lowest BCUT2D eigenvalue weighted by Crippen LogP contribution is -2.35. The fraction of sp³-hybridized carbons (Fsp3) is 0.267. The number of nitrogens with one attached hydrogen (secondary N) is 1. The standard InChI is InChI=1S/C15H17BrN2O/c1-2-3-14(17)15(19)18-13-7-5-10-8-12(16)6-4-11(10)9-13/h4-9,14H,2-3,17H2,1H3,(H,18,19)/t14-/m1/s1. The maximum absolute atomic E-state index is 11.8. The number of halogens is 1. The summed E-state index contributed by atoms with van der Waals surface area (Å²) in [5.74, 6) is -0.127. The molecule has 1 amide bonds. The normalized spacial score (nSPS) is 12.4. The van der Waals surface area contributed by atoms with Gasteiger partial charge in [0.1, 0.15) is 0 Å². The molecule has 0 aliphatic rings. The minimum atomic E-state index is -0.439. The van der Waals surface area contributed by atoms with Crippen LogP contribution in [0.5, 0.6) is 0 Å². The molecule has 4 heteroatoms. The molecule has 100 valence electrons. The van der Waals surface area contributed by atoms with Crippen molar-refractivity contribution in [2.75, 3.05) is 5.32 Å². The molecule has 0 aliphatic heterocycles. The van der Waals surface area contributed by atoms with Crippen LogP contribution in [0.25, 0.3) is 10.8 Å². The first-order valence-electron chi connectivity index (χ1n) is 6.36. The molecule has 0 fully saturated rings. The van der Waals surface area contributed by atoms with E-state index in [9.17, 15) is 4.79 Å². The van der Waals surface area contributed by atoms with Gasteiger partial charge in [-0.25, -0.2) is 0 Å². The highest BCUT2D eigenvalue weighted by Crippen LogP contribution is 2.23. The molecule has 2 rings (SSSR count). The molecule has 0 radical (unpaired) electrons. The first-order chi connectivity index (χ1) is 9.10. The van der Waals surface area contributed by atoms with Crippen LogP contribution in [0.4, 0.5) is 5.69 Å². The Labute approximate surface area is 121 Å². The molecular formula is C15H17BrN2O. The van der Waals surface area contributed by atoms with E-state index in [2.05, 4.69) is 21.2 Å². The highest BCUT2D eigenvalue weighted by molar-refractivity contribution is 9.10. The molecule has 3 N–H and O–H groups in total. The summed E-state index contributed by atoms with van der Waals surface area (Å²) < 4.78 is 1.04. The van der Waals surface area contributed by atoms with Gasteiger partial charge in [0.2, 0.25) is 5.91 Å². The van der Waals surface area contributed by atoms with Gasteiger partial charge in [-0.2, -0.15) is 0 Å². The van der Waals surface area contributed by atoms with E-state index in [1.807, 2.05) is 43.3 Å². The molecule has 19 heavy (non-hydrogen) atoms. The van der Waals surface area contributed by atoms with Crippen molar-refractivity contribution >= 4 is 38.3 Å². The zero-order valence-electron chi connectivity index (χ0n) is 10.8. The molecular weight excluding hydrogens is 304 g/mol. The Bertz CT molecular complexity index is 598. The quantitative estimate of drug-likeness (QED) is 0.903. The topological polar surface area (TPSA) is 55.1 Å². The average molecular weight is 321 g/mol. The zero-order chi connectivity index (χ0) is 13.8. The lowest BCUT2D eigenvalue weighted by Gasteiger charge is -2.11. The Morgan fingerprint density at radius 3 is 2.68 bits per heavy atom. The van der Waals surface area contributed by atoms with Crippen molar-refractivity contribution in [1.82, 2.24) is 0 Å². The predicted octanol–water partition coefficient (Wildman–Crippen LogP) is 3.67. The minimum Gasteiger partial charge on any atom is -0.325 e. The van der Waals surface area contributed by atoms with E-state index in [4.69, 9.17) is 5.73 Å². The van der Waals surface area contributed by atoms with Gasteiger partial charge >= 0.3 is 0 Å². The van der Waals surface area contributed by atoms with Gasteiger partial charge in [0.25, 0.3) is 0 Å². The molecule has 0 saturated heterocycles. The van der Waals surface area contributed by atoms with Gasteiger partial charge in [-0.1, -0.05) is 41.4 Å². The molecule has 0 aliphatic carbocycles. The minimum absolute atomic E-state index is 0.127. The lowest BCUT2D eigenvalue weighted by molar-refractivity contribution is -0.117. The Kier molecular flexibility index (Phi) is 4.56. The maximum Gasteiger partial charge on any atom is 0.241 e. The van der Waals surface area contributed by atoms with Gasteiger partial charge in [-0.15, -0.1) is 0 Å². The van der Waals surface area contributed by atoms with Gasteiger partial charge in [-0.3, -0.25) is 4.79 Å². The van der Waals surface area contributed by atoms with Crippen molar-refractivity contribution in [2.45, 2.75) is 25.8 Å². The second-order valence-electron chi connectivity index (χ2n) is 4.59. The van der Waals surface area contributed by atoms with Crippen LogP contribution >= 0.6 is 15.9 Å². The zero-order valence-corrected chi connectivity index (χ0v) is 12.4. The van der Waals surface area contributed by atoms with Crippen LogP contribution in [0.1, 0.15) is 19.8 Å². The van der Waals surface area contributed by atoms with E-state index >= 15 is 0 Å². The van der Waals surface area contributed by atoms with E-state index < -0.39 is 6.04 Å². The summed E-state index contributed by atoms with van der Waals surface area (Å²) in [5, 5.41) is 5.08. The van der Waals surface area contributed by atoms with E-state index in [0.29, 0.717) is 6.42 Å². The number of hydrogen-bond acceptors (Lipinski definition) is 2. The number of nitrogens with two attached hydrogens (primary N) is 1. The summed E-state index contributed by atoms with van der Waals surface area (Å²) >= 11 is 3.44. The summed E-state index contributed by atoms with van der Waals surface area (Å²) in [6.45, 7) is 2.01. The van der Waals surface area contributed by atoms with Crippen LogP contribution in [0.15, 0.2) is 40.9 Å². The van der Waals surface area contributed by atoms with Crippen LogP contribution in [-0.2, 0) is 4.79 Å². The second-order valence-corrected chi connectivity index (χ2v) is 5.51. The van der Waals surface area contributed by atoms with E-state index in [1.165, 1.54) is 0 Å². The maximum atomic E-state index is 11.8. The predicted molar refractivity (Wildman–Crippen MR) is 83.2 cm³/mol. The summed E-state index contributed by atoms with van der Waals surface area (Å²) in [7, 11) is 0. The number of carbonyl (C=O) groups excluding carboxylic acids is 1. The first kappa shape index (κ1) is 14.0. The summed E-state index contributed by atoms with van der Waals surface area (Å²) in [4.78, 5) is 11.8. The number of rotatable bonds is 4. The van der Waals surface area contributed by atoms with Gasteiger partial charge in [0.15, 0.2) is 0 Å². The van der Waals surface area contributed by atoms with Crippen LogP contribution < -0.4 is 11.1 Å².